The molecule has 0 radical (unpaired) electrons. The van der Waals surface area contributed by atoms with E-state index in [4.69, 9.17) is 0 Å². The second-order valence-electron chi connectivity index (χ2n) is 5.55. The zero-order valence-electron chi connectivity index (χ0n) is 12.4. The van der Waals surface area contributed by atoms with E-state index in [1.165, 1.54) is 0 Å². The molecule has 0 aliphatic carbocycles. The second kappa shape index (κ2) is 7.74. The van der Waals surface area contributed by atoms with Crippen LogP contribution in [0.1, 0.15) is 40.0 Å². The van der Waals surface area contributed by atoms with Crippen molar-refractivity contribution in [2.45, 2.75) is 52.1 Å². The monoisotopic (exact) mass is 255 g/mol. The lowest BCUT2D eigenvalue weighted by atomic mass is 10.2. The molecule has 0 saturated carbocycles. The highest BCUT2D eigenvalue weighted by molar-refractivity contribution is 5.83. The van der Waals surface area contributed by atoms with E-state index in [0.29, 0.717) is 11.9 Å². The predicted octanol–water partition coefficient (Wildman–Crippen LogP) is 1.32. The second-order valence-corrected chi connectivity index (χ2v) is 5.55. The minimum Gasteiger partial charge on any atom is -0.341 e. The van der Waals surface area contributed by atoms with Crippen molar-refractivity contribution in [1.29, 1.82) is 0 Å². The number of likely N-dealkylation sites (tertiary alicyclic amines) is 1. The number of amides is 1. The summed E-state index contributed by atoms with van der Waals surface area (Å²) in [5.41, 5.74) is 0. The van der Waals surface area contributed by atoms with E-state index in [1.807, 2.05) is 4.90 Å². The Labute approximate surface area is 112 Å². The summed E-state index contributed by atoms with van der Waals surface area (Å²) in [5, 5.41) is 3.33. The van der Waals surface area contributed by atoms with Crippen molar-refractivity contribution in [2.75, 3.05) is 33.2 Å². The third-order valence-electron chi connectivity index (χ3n) is 3.76. The van der Waals surface area contributed by atoms with Crippen LogP contribution < -0.4 is 5.32 Å². The zero-order valence-corrected chi connectivity index (χ0v) is 12.4. The Morgan fingerprint density at radius 2 is 2.22 bits per heavy atom. The van der Waals surface area contributed by atoms with E-state index >= 15 is 0 Å². The van der Waals surface area contributed by atoms with Gasteiger partial charge in [0.25, 0.3) is 0 Å². The first-order valence-electron chi connectivity index (χ1n) is 7.28. The fourth-order valence-electron chi connectivity index (χ4n) is 2.24. The Balaban J connectivity index is 2.22. The molecule has 106 valence electrons. The van der Waals surface area contributed by atoms with Crippen LogP contribution in [-0.2, 0) is 4.79 Å². The minimum absolute atomic E-state index is 0.0766. The maximum atomic E-state index is 12.1. The summed E-state index contributed by atoms with van der Waals surface area (Å²) in [6.07, 6.45) is 3.13. The Bertz CT molecular complexity index is 255. The van der Waals surface area contributed by atoms with Crippen molar-refractivity contribution in [3.8, 4) is 0 Å². The first kappa shape index (κ1) is 15.4. The number of carbonyl (C=O) groups is 1. The van der Waals surface area contributed by atoms with Gasteiger partial charge < -0.3 is 15.1 Å². The van der Waals surface area contributed by atoms with Gasteiger partial charge in [0.05, 0.1) is 6.04 Å². The topological polar surface area (TPSA) is 35.6 Å². The Morgan fingerprint density at radius 1 is 1.50 bits per heavy atom. The summed E-state index contributed by atoms with van der Waals surface area (Å²) in [4.78, 5) is 16.4. The molecule has 0 aromatic carbocycles. The highest BCUT2D eigenvalue weighted by Gasteiger charge is 2.30. The van der Waals surface area contributed by atoms with Crippen molar-refractivity contribution >= 4 is 5.91 Å². The number of hydrogen-bond donors (Lipinski definition) is 1. The highest BCUT2D eigenvalue weighted by Crippen LogP contribution is 2.11. The van der Waals surface area contributed by atoms with Gasteiger partial charge in [0.15, 0.2) is 0 Å². The SMILES string of the molecule is CCCNC1CCN(CCCN(C)C(C)C)C1=O. The van der Waals surface area contributed by atoms with E-state index in [0.717, 1.165) is 45.4 Å². The molecule has 18 heavy (non-hydrogen) atoms. The van der Waals surface area contributed by atoms with Gasteiger partial charge in [-0.05, 0) is 53.2 Å². The number of carbonyl (C=O) groups excluding carboxylic acids is 1. The number of hydrogen-bond acceptors (Lipinski definition) is 3. The van der Waals surface area contributed by atoms with Gasteiger partial charge in [0.2, 0.25) is 5.91 Å². The van der Waals surface area contributed by atoms with E-state index in [2.05, 4.69) is 38.0 Å². The largest absolute Gasteiger partial charge is 0.341 e. The molecule has 0 aromatic rings. The van der Waals surface area contributed by atoms with E-state index in [9.17, 15) is 4.79 Å². The van der Waals surface area contributed by atoms with Gasteiger partial charge in [-0.25, -0.2) is 0 Å². The molecule has 0 spiro atoms. The molecule has 1 N–H and O–H groups in total. The summed E-state index contributed by atoms with van der Waals surface area (Å²) in [5.74, 6) is 0.302. The lowest BCUT2D eigenvalue weighted by molar-refractivity contribution is -0.129. The fraction of sp³-hybridized carbons (Fsp3) is 0.929. The van der Waals surface area contributed by atoms with E-state index in [-0.39, 0.29) is 6.04 Å². The predicted molar refractivity (Wildman–Crippen MR) is 75.7 cm³/mol. The van der Waals surface area contributed by atoms with E-state index in [1.54, 1.807) is 0 Å². The molecule has 1 unspecified atom stereocenters. The number of nitrogens with zero attached hydrogens (tertiary/aromatic N) is 2. The molecule has 0 bridgehead atoms. The molecule has 4 heteroatoms. The van der Waals surface area contributed by atoms with E-state index < -0.39 is 0 Å². The highest BCUT2D eigenvalue weighted by atomic mass is 16.2. The van der Waals surface area contributed by atoms with Crippen LogP contribution in [0.25, 0.3) is 0 Å². The summed E-state index contributed by atoms with van der Waals surface area (Å²) < 4.78 is 0. The Hall–Kier alpha value is -0.610. The van der Waals surface area contributed by atoms with Crippen molar-refractivity contribution < 1.29 is 4.79 Å². The minimum atomic E-state index is 0.0766. The maximum Gasteiger partial charge on any atom is 0.239 e. The van der Waals surface area contributed by atoms with Crippen LogP contribution in [0.2, 0.25) is 0 Å². The molecule has 4 nitrogen and oxygen atoms in total. The van der Waals surface area contributed by atoms with Crippen molar-refractivity contribution in [2.24, 2.45) is 0 Å². The average Bonchev–Trinajstić information content (AvgIpc) is 2.68. The van der Waals surface area contributed by atoms with Gasteiger partial charge >= 0.3 is 0 Å². The standard InChI is InChI=1S/C14H29N3O/c1-5-8-15-13-7-11-17(14(13)18)10-6-9-16(4)12(2)3/h12-13,15H,5-11H2,1-4H3. The lowest BCUT2D eigenvalue weighted by Crippen LogP contribution is -2.39. The Kier molecular flexibility index (Phi) is 6.65. The third kappa shape index (κ3) is 4.58. The van der Waals surface area contributed by atoms with Crippen LogP contribution in [0, 0.1) is 0 Å². The average molecular weight is 255 g/mol. The van der Waals surface area contributed by atoms with Crippen LogP contribution in [-0.4, -0.2) is 61.0 Å². The molecule has 1 aliphatic heterocycles. The van der Waals surface area contributed by atoms with Crippen LogP contribution in [0.15, 0.2) is 0 Å². The van der Waals surface area contributed by atoms with Crippen molar-refractivity contribution in [3.63, 3.8) is 0 Å². The summed E-state index contributed by atoms with van der Waals surface area (Å²) >= 11 is 0. The van der Waals surface area contributed by atoms with Crippen molar-refractivity contribution in [3.05, 3.63) is 0 Å². The van der Waals surface area contributed by atoms with Crippen molar-refractivity contribution in [1.82, 2.24) is 15.1 Å². The summed E-state index contributed by atoms with van der Waals surface area (Å²) in [6.45, 7) is 10.4. The smallest absolute Gasteiger partial charge is 0.239 e. The fourth-order valence-corrected chi connectivity index (χ4v) is 2.24. The van der Waals surface area contributed by atoms with Gasteiger partial charge in [0, 0.05) is 19.1 Å². The molecule has 0 aromatic heterocycles. The molecule has 1 rings (SSSR count). The zero-order chi connectivity index (χ0) is 13.5. The molecule has 1 atom stereocenters. The first-order valence-corrected chi connectivity index (χ1v) is 7.28. The van der Waals surface area contributed by atoms with Crippen LogP contribution >= 0.6 is 0 Å². The molecule has 1 fully saturated rings. The lowest BCUT2D eigenvalue weighted by Gasteiger charge is -2.23. The molecular formula is C14H29N3O. The normalized spacial score (nSPS) is 20.4. The van der Waals surface area contributed by atoms with Gasteiger partial charge in [-0.15, -0.1) is 0 Å². The molecule has 1 saturated heterocycles. The maximum absolute atomic E-state index is 12.1. The third-order valence-corrected chi connectivity index (χ3v) is 3.76. The molecule has 1 amide bonds. The number of nitrogens with one attached hydrogen (secondary N) is 1. The van der Waals surface area contributed by atoms with Crippen LogP contribution in [0.4, 0.5) is 0 Å². The Morgan fingerprint density at radius 3 is 2.83 bits per heavy atom. The summed E-state index contributed by atoms with van der Waals surface area (Å²) in [6, 6.07) is 0.658. The molecule has 1 heterocycles. The van der Waals surface area contributed by atoms with Gasteiger partial charge in [-0.2, -0.15) is 0 Å². The summed E-state index contributed by atoms with van der Waals surface area (Å²) in [7, 11) is 2.14. The molecule has 1 aliphatic rings. The van der Waals surface area contributed by atoms with Gasteiger partial charge in [-0.3, -0.25) is 4.79 Å². The van der Waals surface area contributed by atoms with Crippen LogP contribution in [0.5, 0.6) is 0 Å². The quantitative estimate of drug-likeness (QED) is 0.710. The first-order chi connectivity index (χ1) is 8.56. The number of rotatable bonds is 8. The molecular weight excluding hydrogens is 226 g/mol. The van der Waals surface area contributed by atoms with Gasteiger partial charge in [-0.1, -0.05) is 6.92 Å². The van der Waals surface area contributed by atoms with Crippen LogP contribution in [0.3, 0.4) is 0 Å². The van der Waals surface area contributed by atoms with Gasteiger partial charge in [0.1, 0.15) is 0 Å².